The van der Waals surface area contributed by atoms with Crippen LogP contribution in [0.15, 0.2) is 36.4 Å². The Kier molecular flexibility index (Phi) is 6.37. The molecule has 0 aliphatic carbocycles. The summed E-state index contributed by atoms with van der Waals surface area (Å²) in [6, 6.07) is 10.3. The summed E-state index contributed by atoms with van der Waals surface area (Å²) in [5.74, 6) is -0.237. The third kappa shape index (κ3) is 4.73. The Balaban J connectivity index is 1.73. The molecular formula is C21H22NO6-. The molecule has 1 amide bonds. The van der Waals surface area contributed by atoms with Gasteiger partial charge in [-0.05, 0) is 31.0 Å². The Bertz CT molecular complexity index is 864. The average Bonchev–Trinajstić information content (AvgIpc) is 2.91. The van der Waals surface area contributed by atoms with Crippen LogP contribution in [0.4, 0.5) is 5.69 Å². The van der Waals surface area contributed by atoms with Gasteiger partial charge >= 0.3 is 0 Å². The van der Waals surface area contributed by atoms with E-state index in [-0.39, 0.29) is 23.6 Å². The monoisotopic (exact) mass is 384 g/mol. The van der Waals surface area contributed by atoms with Gasteiger partial charge in [-0.2, -0.15) is 0 Å². The van der Waals surface area contributed by atoms with Crippen molar-refractivity contribution in [1.29, 1.82) is 0 Å². The van der Waals surface area contributed by atoms with E-state index in [4.69, 9.17) is 14.2 Å². The second-order valence-electron chi connectivity index (χ2n) is 6.27. The Hall–Kier alpha value is -3.22. The van der Waals surface area contributed by atoms with Crippen molar-refractivity contribution in [3.05, 3.63) is 47.5 Å². The third-order valence-electron chi connectivity index (χ3n) is 4.28. The molecule has 0 aromatic heterocycles. The number of fused-ring (bicyclic) bond motifs is 1. The number of hydrogen-bond donors (Lipinski definition) is 1. The molecule has 2 aromatic carbocycles. The summed E-state index contributed by atoms with van der Waals surface area (Å²) in [6.45, 7) is 3.33. The summed E-state index contributed by atoms with van der Waals surface area (Å²) in [5, 5.41) is 14.1. The van der Waals surface area contributed by atoms with Crippen LogP contribution in [-0.2, 0) is 11.2 Å². The normalized spacial score (nSPS) is 12.8. The molecule has 3 rings (SSSR count). The second-order valence-corrected chi connectivity index (χ2v) is 6.27. The number of nitrogens with one attached hydrogen (secondary N) is 1. The molecule has 0 saturated carbocycles. The highest BCUT2D eigenvalue weighted by molar-refractivity contribution is 6.00. The lowest BCUT2D eigenvalue weighted by Crippen LogP contribution is -2.25. The number of anilines is 1. The smallest absolute Gasteiger partial charge is 0.224 e. The SMILES string of the molecule is CCOc1ccccc1CCC(=O)Nc1cc2c(cc1C(=O)[O-])OCCCO2. The fourth-order valence-corrected chi connectivity index (χ4v) is 2.95. The molecule has 7 heteroatoms. The van der Waals surface area contributed by atoms with Crippen molar-refractivity contribution in [1.82, 2.24) is 0 Å². The highest BCUT2D eigenvalue weighted by Gasteiger charge is 2.17. The first-order valence-electron chi connectivity index (χ1n) is 9.24. The van der Waals surface area contributed by atoms with Crippen LogP contribution in [0.1, 0.15) is 35.7 Å². The predicted octanol–water partition coefficient (Wildman–Crippen LogP) is 2.18. The molecule has 0 atom stereocenters. The molecule has 0 fully saturated rings. The molecule has 0 saturated heterocycles. The zero-order valence-electron chi connectivity index (χ0n) is 15.7. The molecule has 0 spiro atoms. The number of carboxylic acid groups (broad SMARTS) is 1. The highest BCUT2D eigenvalue weighted by atomic mass is 16.5. The Morgan fingerprint density at radius 3 is 2.57 bits per heavy atom. The maximum Gasteiger partial charge on any atom is 0.224 e. The minimum atomic E-state index is -1.40. The third-order valence-corrected chi connectivity index (χ3v) is 4.28. The van der Waals surface area contributed by atoms with Gasteiger partial charge in [-0.25, -0.2) is 0 Å². The van der Waals surface area contributed by atoms with Crippen molar-refractivity contribution >= 4 is 17.6 Å². The summed E-state index contributed by atoms with van der Waals surface area (Å²) < 4.78 is 16.6. The Labute approximate surface area is 163 Å². The summed E-state index contributed by atoms with van der Waals surface area (Å²) in [5.41, 5.74) is 0.901. The van der Waals surface area contributed by atoms with Crippen LogP contribution in [-0.4, -0.2) is 31.7 Å². The molecule has 0 unspecified atom stereocenters. The summed E-state index contributed by atoms with van der Waals surface area (Å²) in [4.78, 5) is 23.9. The van der Waals surface area contributed by atoms with E-state index in [0.717, 1.165) is 11.3 Å². The van der Waals surface area contributed by atoms with E-state index in [1.165, 1.54) is 12.1 Å². The van der Waals surface area contributed by atoms with Crippen LogP contribution in [0.2, 0.25) is 0 Å². The number of benzene rings is 2. The number of aromatic carboxylic acids is 1. The van der Waals surface area contributed by atoms with E-state index >= 15 is 0 Å². The minimum absolute atomic E-state index is 0.132. The van der Waals surface area contributed by atoms with Gasteiger partial charge in [-0.1, -0.05) is 18.2 Å². The molecular weight excluding hydrogens is 362 g/mol. The lowest BCUT2D eigenvalue weighted by Gasteiger charge is -2.16. The first-order chi connectivity index (χ1) is 13.6. The number of hydrogen-bond acceptors (Lipinski definition) is 6. The molecule has 2 aromatic rings. The maximum atomic E-state index is 12.4. The van der Waals surface area contributed by atoms with Crippen LogP contribution in [0.3, 0.4) is 0 Å². The lowest BCUT2D eigenvalue weighted by atomic mass is 10.1. The number of amides is 1. The van der Waals surface area contributed by atoms with Gasteiger partial charge in [0.1, 0.15) is 5.75 Å². The summed E-state index contributed by atoms with van der Waals surface area (Å²) in [7, 11) is 0. The Morgan fingerprint density at radius 1 is 1.14 bits per heavy atom. The molecule has 1 aliphatic heterocycles. The standard InChI is InChI=1S/C21H23NO6/c1-2-26-17-7-4-3-6-14(17)8-9-20(23)22-16-13-19-18(12-15(16)21(24)25)27-10-5-11-28-19/h3-4,6-7,12-13H,2,5,8-11H2,1H3,(H,22,23)(H,24,25)/p-1. The fraction of sp³-hybridized carbons (Fsp3) is 0.333. The maximum absolute atomic E-state index is 12.4. The number of rotatable bonds is 7. The van der Waals surface area contributed by atoms with Crippen LogP contribution in [0.25, 0.3) is 0 Å². The van der Waals surface area contributed by atoms with Crippen LogP contribution < -0.4 is 24.6 Å². The van der Waals surface area contributed by atoms with Gasteiger partial charge in [-0.15, -0.1) is 0 Å². The van der Waals surface area contributed by atoms with Crippen molar-refractivity contribution in [3.8, 4) is 17.2 Å². The lowest BCUT2D eigenvalue weighted by molar-refractivity contribution is -0.254. The Morgan fingerprint density at radius 2 is 1.86 bits per heavy atom. The number of para-hydroxylation sites is 1. The fourth-order valence-electron chi connectivity index (χ4n) is 2.95. The van der Waals surface area contributed by atoms with E-state index in [0.29, 0.717) is 44.2 Å². The summed E-state index contributed by atoms with van der Waals surface area (Å²) in [6.07, 6.45) is 1.33. The van der Waals surface area contributed by atoms with Gasteiger partial charge in [0.05, 0.1) is 31.5 Å². The van der Waals surface area contributed by atoms with Gasteiger partial charge in [0.15, 0.2) is 11.5 Å². The molecule has 0 radical (unpaired) electrons. The number of carboxylic acids is 1. The average molecular weight is 384 g/mol. The minimum Gasteiger partial charge on any atom is -0.545 e. The van der Waals surface area contributed by atoms with Crippen molar-refractivity contribution in [2.24, 2.45) is 0 Å². The van der Waals surface area contributed by atoms with Gasteiger partial charge in [0.2, 0.25) is 5.91 Å². The van der Waals surface area contributed by atoms with E-state index in [1.54, 1.807) is 0 Å². The zero-order chi connectivity index (χ0) is 19.9. The highest BCUT2D eigenvalue weighted by Crippen LogP contribution is 2.35. The van der Waals surface area contributed by atoms with Crippen molar-refractivity contribution < 1.29 is 28.9 Å². The number of carbonyl (C=O) groups is 2. The molecule has 1 heterocycles. The molecule has 0 bridgehead atoms. The van der Waals surface area contributed by atoms with Crippen molar-refractivity contribution in [2.45, 2.75) is 26.2 Å². The quantitative estimate of drug-likeness (QED) is 0.786. The number of aryl methyl sites for hydroxylation is 1. The topological polar surface area (TPSA) is 96.9 Å². The van der Waals surface area contributed by atoms with Gasteiger partial charge in [0, 0.05) is 24.5 Å². The van der Waals surface area contributed by atoms with E-state index in [2.05, 4.69) is 5.32 Å². The molecule has 1 N–H and O–H groups in total. The summed E-state index contributed by atoms with van der Waals surface area (Å²) >= 11 is 0. The predicted molar refractivity (Wildman–Crippen MR) is 101 cm³/mol. The van der Waals surface area contributed by atoms with Gasteiger partial charge in [0.25, 0.3) is 0 Å². The van der Waals surface area contributed by atoms with E-state index in [1.807, 2.05) is 31.2 Å². The molecule has 28 heavy (non-hydrogen) atoms. The zero-order valence-corrected chi connectivity index (χ0v) is 15.7. The van der Waals surface area contributed by atoms with Crippen LogP contribution in [0.5, 0.6) is 17.2 Å². The largest absolute Gasteiger partial charge is 0.545 e. The first-order valence-corrected chi connectivity index (χ1v) is 9.24. The first kappa shape index (κ1) is 19.5. The molecule has 1 aliphatic rings. The van der Waals surface area contributed by atoms with Gasteiger partial charge in [-0.3, -0.25) is 4.79 Å². The number of ether oxygens (including phenoxy) is 3. The van der Waals surface area contributed by atoms with E-state index < -0.39 is 5.97 Å². The van der Waals surface area contributed by atoms with E-state index in [9.17, 15) is 14.7 Å². The van der Waals surface area contributed by atoms with Gasteiger partial charge < -0.3 is 29.4 Å². The van der Waals surface area contributed by atoms with Crippen molar-refractivity contribution in [3.63, 3.8) is 0 Å². The van der Waals surface area contributed by atoms with Crippen molar-refractivity contribution in [2.75, 3.05) is 25.1 Å². The molecule has 7 nitrogen and oxygen atoms in total. The van der Waals surface area contributed by atoms with Crippen LogP contribution in [0, 0.1) is 0 Å². The number of carbonyl (C=O) groups excluding carboxylic acids is 2. The molecule has 148 valence electrons. The second kappa shape index (κ2) is 9.12. The van der Waals surface area contributed by atoms with Crippen LogP contribution >= 0.6 is 0 Å².